The Kier molecular flexibility index (Phi) is 5.18. The van der Waals surface area contributed by atoms with Crippen molar-refractivity contribution in [1.29, 1.82) is 0 Å². The zero-order chi connectivity index (χ0) is 12.0. The number of nitrogens with zero attached hydrogens (tertiary/aromatic N) is 3. The smallest absolute Gasteiger partial charge is 0.239 e. The Labute approximate surface area is 103 Å². The van der Waals surface area contributed by atoms with Gasteiger partial charge in [0.05, 0.1) is 6.54 Å². The van der Waals surface area contributed by atoms with Crippen LogP contribution in [0.15, 0.2) is 17.0 Å². The molecule has 1 N–H and O–H groups in total. The van der Waals surface area contributed by atoms with Gasteiger partial charge < -0.3 is 10.2 Å². The maximum atomic E-state index is 11.5. The molecule has 1 amide bonds. The van der Waals surface area contributed by atoms with Gasteiger partial charge >= 0.3 is 0 Å². The van der Waals surface area contributed by atoms with E-state index in [-0.39, 0.29) is 5.91 Å². The summed E-state index contributed by atoms with van der Waals surface area (Å²) < 4.78 is 0.715. The van der Waals surface area contributed by atoms with E-state index in [9.17, 15) is 4.79 Å². The van der Waals surface area contributed by atoms with Crippen molar-refractivity contribution in [3.8, 4) is 0 Å². The van der Waals surface area contributed by atoms with Crippen LogP contribution in [-0.2, 0) is 4.79 Å². The molecule has 0 aliphatic carbocycles. The van der Waals surface area contributed by atoms with Crippen molar-refractivity contribution >= 4 is 27.7 Å². The van der Waals surface area contributed by atoms with Crippen LogP contribution in [0.4, 0.5) is 5.82 Å². The molecule has 0 spiro atoms. The van der Waals surface area contributed by atoms with E-state index in [1.807, 2.05) is 18.7 Å². The lowest BCUT2D eigenvalue weighted by molar-refractivity contribution is -0.119. The third-order valence-electron chi connectivity index (χ3n) is 2.03. The van der Waals surface area contributed by atoms with Crippen molar-refractivity contribution in [2.45, 2.75) is 13.8 Å². The molecule has 0 saturated heterocycles. The maximum Gasteiger partial charge on any atom is 0.239 e. The van der Waals surface area contributed by atoms with Gasteiger partial charge in [-0.15, -0.1) is 0 Å². The number of halogens is 1. The predicted octanol–water partition coefficient (Wildman–Crippen LogP) is 1.20. The van der Waals surface area contributed by atoms with Gasteiger partial charge in [-0.1, -0.05) is 0 Å². The number of aromatic nitrogens is 2. The van der Waals surface area contributed by atoms with E-state index in [0.29, 0.717) is 17.7 Å². The van der Waals surface area contributed by atoms with Gasteiger partial charge in [0.1, 0.15) is 16.7 Å². The molecule has 5 nitrogen and oxygen atoms in total. The fourth-order valence-electron chi connectivity index (χ4n) is 1.28. The molecule has 0 bridgehead atoms. The number of carbonyl (C=O) groups excluding carboxylic acids is 1. The van der Waals surface area contributed by atoms with Gasteiger partial charge in [-0.3, -0.25) is 4.79 Å². The minimum Gasteiger partial charge on any atom is -0.355 e. The summed E-state index contributed by atoms with van der Waals surface area (Å²) in [6.07, 6.45) is 1.47. The van der Waals surface area contributed by atoms with Crippen LogP contribution in [0.25, 0.3) is 0 Å². The van der Waals surface area contributed by atoms with Gasteiger partial charge in [0.25, 0.3) is 0 Å². The predicted molar refractivity (Wildman–Crippen MR) is 66.3 cm³/mol. The number of amides is 1. The molecule has 1 aromatic rings. The Bertz CT molecular complexity index is 358. The topological polar surface area (TPSA) is 58.1 Å². The van der Waals surface area contributed by atoms with E-state index in [1.54, 1.807) is 6.07 Å². The van der Waals surface area contributed by atoms with Crippen molar-refractivity contribution in [3.05, 3.63) is 17.0 Å². The molecule has 0 aliphatic heterocycles. The van der Waals surface area contributed by atoms with Crippen LogP contribution >= 0.6 is 15.9 Å². The Morgan fingerprint density at radius 1 is 1.50 bits per heavy atom. The monoisotopic (exact) mass is 286 g/mol. The van der Waals surface area contributed by atoms with Crippen LogP contribution in [0.5, 0.6) is 0 Å². The Morgan fingerprint density at radius 2 is 2.25 bits per heavy atom. The van der Waals surface area contributed by atoms with Crippen molar-refractivity contribution in [1.82, 2.24) is 15.3 Å². The summed E-state index contributed by atoms with van der Waals surface area (Å²) in [5.74, 6) is 0.745. The maximum absolute atomic E-state index is 11.5. The third-order valence-corrected chi connectivity index (χ3v) is 2.47. The summed E-state index contributed by atoms with van der Waals surface area (Å²) in [7, 11) is 0. The number of carbonyl (C=O) groups is 1. The van der Waals surface area contributed by atoms with Crippen molar-refractivity contribution in [2.24, 2.45) is 0 Å². The first kappa shape index (κ1) is 12.9. The number of hydrogen-bond donors (Lipinski definition) is 1. The molecule has 0 aliphatic rings. The number of anilines is 1. The minimum atomic E-state index is -0.000848. The number of rotatable bonds is 5. The lowest BCUT2D eigenvalue weighted by Crippen LogP contribution is -2.37. The molecule has 88 valence electrons. The van der Waals surface area contributed by atoms with Gasteiger partial charge in [0.15, 0.2) is 0 Å². The van der Waals surface area contributed by atoms with Crippen molar-refractivity contribution < 1.29 is 4.79 Å². The molecule has 0 unspecified atom stereocenters. The molecule has 0 atom stereocenters. The van der Waals surface area contributed by atoms with E-state index in [1.165, 1.54) is 6.33 Å². The van der Waals surface area contributed by atoms with Crippen LogP contribution < -0.4 is 10.2 Å². The van der Waals surface area contributed by atoms with E-state index in [2.05, 4.69) is 31.2 Å². The summed E-state index contributed by atoms with van der Waals surface area (Å²) in [4.78, 5) is 21.4. The van der Waals surface area contributed by atoms with Gasteiger partial charge in [0, 0.05) is 19.2 Å². The summed E-state index contributed by atoms with van der Waals surface area (Å²) in [5, 5.41) is 2.76. The Balaban J connectivity index is 2.70. The van der Waals surface area contributed by atoms with E-state index in [0.717, 1.165) is 12.4 Å². The average molecular weight is 287 g/mol. The molecule has 1 rings (SSSR count). The van der Waals surface area contributed by atoms with Crippen molar-refractivity contribution in [3.63, 3.8) is 0 Å². The highest BCUT2D eigenvalue weighted by molar-refractivity contribution is 9.10. The molecular formula is C10H15BrN4O. The molecule has 0 radical (unpaired) electrons. The molecule has 1 aromatic heterocycles. The first-order valence-electron chi connectivity index (χ1n) is 5.16. The largest absolute Gasteiger partial charge is 0.355 e. The van der Waals surface area contributed by atoms with Crippen LogP contribution in [0.1, 0.15) is 13.8 Å². The first-order chi connectivity index (χ1) is 7.67. The second-order valence-corrected chi connectivity index (χ2v) is 3.98. The van der Waals surface area contributed by atoms with E-state index in [4.69, 9.17) is 0 Å². The van der Waals surface area contributed by atoms with Gasteiger partial charge in [-0.25, -0.2) is 9.97 Å². The molecular weight excluding hydrogens is 272 g/mol. The van der Waals surface area contributed by atoms with Crippen LogP contribution in [0.2, 0.25) is 0 Å². The van der Waals surface area contributed by atoms with E-state index >= 15 is 0 Å². The molecule has 0 fully saturated rings. The van der Waals surface area contributed by atoms with Crippen LogP contribution in [-0.4, -0.2) is 35.5 Å². The highest BCUT2D eigenvalue weighted by Gasteiger charge is 2.10. The van der Waals surface area contributed by atoms with Gasteiger partial charge in [0.2, 0.25) is 5.91 Å². The quantitative estimate of drug-likeness (QED) is 0.827. The fourth-order valence-corrected chi connectivity index (χ4v) is 1.57. The summed E-state index contributed by atoms with van der Waals surface area (Å²) in [6, 6.07) is 1.79. The molecule has 1 heterocycles. The highest BCUT2D eigenvalue weighted by Crippen LogP contribution is 2.13. The van der Waals surface area contributed by atoms with Crippen LogP contribution in [0.3, 0.4) is 0 Å². The van der Waals surface area contributed by atoms with Gasteiger partial charge in [-0.2, -0.15) is 0 Å². The SMILES string of the molecule is CCNC(=O)CN(CC)c1cc(Br)ncn1. The minimum absolute atomic E-state index is 0.000848. The van der Waals surface area contributed by atoms with Crippen LogP contribution in [0, 0.1) is 0 Å². The number of likely N-dealkylation sites (N-methyl/N-ethyl adjacent to an activating group) is 2. The standard InChI is InChI=1S/C10H15BrN4O/c1-3-12-10(16)6-15(4-2)9-5-8(11)13-7-14-9/h5,7H,3-4,6H2,1-2H3,(H,12,16). The first-order valence-corrected chi connectivity index (χ1v) is 5.95. The zero-order valence-electron chi connectivity index (χ0n) is 9.40. The summed E-state index contributed by atoms with van der Waals surface area (Å²) in [6.45, 7) is 5.56. The lowest BCUT2D eigenvalue weighted by atomic mass is 10.4. The fraction of sp³-hybridized carbons (Fsp3) is 0.500. The average Bonchev–Trinajstić information content (AvgIpc) is 2.26. The van der Waals surface area contributed by atoms with Gasteiger partial charge in [-0.05, 0) is 29.8 Å². The van der Waals surface area contributed by atoms with E-state index < -0.39 is 0 Å². The zero-order valence-corrected chi connectivity index (χ0v) is 11.0. The normalized spacial score (nSPS) is 9.94. The highest BCUT2D eigenvalue weighted by atomic mass is 79.9. The number of nitrogens with one attached hydrogen (secondary N) is 1. The summed E-state index contributed by atoms with van der Waals surface area (Å²) in [5.41, 5.74) is 0. The Hall–Kier alpha value is -1.17. The van der Waals surface area contributed by atoms with Crippen molar-refractivity contribution in [2.75, 3.05) is 24.5 Å². The second-order valence-electron chi connectivity index (χ2n) is 3.17. The second kappa shape index (κ2) is 6.42. The molecule has 6 heteroatoms. The number of hydrogen-bond acceptors (Lipinski definition) is 4. The summed E-state index contributed by atoms with van der Waals surface area (Å²) >= 11 is 3.28. The molecule has 16 heavy (non-hydrogen) atoms. The third kappa shape index (κ3) is 3.77. The lowest BCUT2D eigenvalue weighted by Gasteiger charge is -2.20. The molecule has 0 saturated carbocycles. The molecule has 0 aromatic carbocycles. The Morgan fingerprint density at radius 3 is 2.81 bits per heavy atom.